The number of aromatic nitrogens is 3. The van der Waals surface area contributed by atoms with Crippen molar-refractivity contribution in [2.75, 3.05) is 12.4 Å². The van der Waals surface area contributed by atoms with Gasteiger partial charge in [0.2, 0.25) is 5.82 Å². The molecular weight excluding hydrogens is 256 g/mol. The molecule has 1 aromatic carbocycles. The van der Waals surface area contributed by atoms with Gasteiger partial charge in [0.25, 0.3) is 5.91 Å². The summed E-state index contributed by atoms with van der Waals surface area (Å²) >= 11 is 0. The number of carbonyl (C=O) groups is 1. The lowest BCUT2D eigenvalue weighted by Crippen LogP contribution is -2.14. The Morgan fingerprint density at radius 2 is 2.25 bits per heavy atom. The lowest BCUT2D eigenvalue weighted by Gasteiger charge is -2.08. The van der Waals surface area contributed by atoms with Crippen molar-refractivity contribution in [3.05, 3.63) is 35.4 Å². The third-order valence-electron chi connectivity index (χ3n) is 2.90. The number of anilines is 1. The predicted molar refractivity (Wildman–Crippen MR) is 76.1 cm³/mol. The summed E-state index contributed by atoms with van der Waals surface area (Å²) in [5, 5.41) is 9.48. The quantitative estimate of drug-likeness (QED) is 0.877. The van der Waals surface area contributed by atoms with E-state index >= 15 is 0 Å². The number of carbonyl (C=O) groups excluding carboxylic acids is 1. The van der Waals surface area contributed by atoms with Crippen molar-refractivity contribution >= 4 is 11.6 Å². The highest BCUT2D eigenvalue weighted by Crippen LogP contribution is 2.21. The summed E-state index contributed by atoms with van der Waals surface area (Å²) in [5.41, 5.74) is 1.64. The molecule has 0 fully saturated rings. The summed E-state index contributed by atoms with van der Waals surface area (Å²) < 4.78 is 5.13. The maximum Gasteiger partial charge on any atom is 0.295 e. The highest BCUT2D eigenvalue weighted by molar-refractivity contribution is 6.01. The van der Waals surface area contributed by atoms with E-state index in [2.05, 4.69) is 20.5 Å². The molecule has 0 saturated carbocycles. The van der Waals surface area contributed by atoms with Gasteiger partial charge >= 0.3 is 0 Å². The highest BCUT2D eigenvalue weighted by atomic mass is 16.5. The highest BCUT2D eigenvalue weighted by Gasteiger charge is 2.13. The van der Waals surface area contributed by atoms with Crippen LogP contribution < -0.4 is 10.1 Å². The molecule has 6 nitrogen and oxygen atoms in total. The molecule has 0 radical (unpaired) electrons. The number of rotatable bonds is 5. The molecule has 6 heteroatoms. The summed E-state index contributed by atoms with van der Waals surface area (Å²) in [6.45, 7) is 3.95. The summed E-state index contributed by atoms with van der Waals surface area (Å²) in [5.74, 6) is 1.31. The molecular formula is C14H18N4O2. The summed E-state index contributed by atoms with van der Waals surface area (Å²) in [6, 6.07) is 5.45. The number of amides is 1. The summed E-state index contributed by atoms with van der Waals surface area (Å²) in [4.78, 5) is 16.2. The SMILES string of the molecule is CCCc1nc(C(=O)Nc2ccc(OC)cc2C)n[nH]1. The Morgan fingerprint density at radius 3 is 2.90 bits per heavy atom. The minimum Gasteiger partial charge on any atom is -0.497 e. The number of aromatic amines is 1. The average Bonchev–Trinajstić information content (AvgIpc) is 2.90. The van der Waals surface area contributed by atoms with E-state index in [1.165, 1.54) is 0 Å². The number of benzene rings is 1. The maximum absolute atomic E-state index is 12.1. The van der Waals surface area contributed by atoms with Crippen LogP contribution >= 0.6 is 0 Å². The lowest BCUT2D eigenvalue weighted by molar-refractivity contribution is 0.101. The minimum atomic E-state index is -0.322. The Labute approximate surface area is 117 Å². The second-order valence-corrected chi connectivity index (χ2v) is 4.49. The van der Waals surface area contributed by atoms with Gasteiger partial charge in [0, 0.05) is 12.1 Å². The molecule has 0 spiro atoms. The number of methoxy groups -OCH3 is 1. The smallest absolute Gasteiger partial charge is 0.295 e. The van der Waals surface area contributed by atoms with Crippen LogP contribution in [-0.2, 0) is 6.42 Å². The van der Waals surface area contributed by atoms with Crippen molar-refractivity contribution in [2.24, 2.45) is 0 Å². The molecule has 1 heterocycles. The molecule has 0 aliphatic carbocycles. The molecule has 106 valence electrons. The topological polar surface area (TPSA) is 79.9 Å². The van der Waals surface area contributed by atoms with E-state index in [0.717, 1.165) is 35.7 Å². The minimum absolute atomic E-state index is 0.156. The van der Waals surface area contributed by atoms with Crippen LogP contribution in [0.25, 0.3) is 0 Å². The normalized spacial score (nSPS) is 10.3. The van der Waals surface area contributed by atoms with Crippen molar-refractivity contribution in [2.45, 2.75) is 26.7 Å². The van der Waals surface area contributed by atoms with Crippen LogP contribution in [0, 0.1) is 6.92 Å². The predicted octanol–water partition coefficient (Wildman–Crippen LogP) is 2.33. The maximum atomic E-state index is 12.1. The summed E-state index contributed by atoms with van der Waals surface area (Å²) in [7, 11) is 1.61. The fourth-order valence-electron chi connectivity index (χ4n) is 1.83. The Balaban J connectivity index is 2.10. The third-order valence-corrected chi connectivity index (χ3v) is 2.90. The molecule has 0 atom stereocenters. The van der Waals surface area contributed by atoms with Gasteiger partial charge in [-0.15, -0.1) is 5.10 Å². The van der Waals surface area contributed by atoms with Gasteiger partial charge in [-0.3, -0.25) is 9.89 Å². The van der Waals surface area contributed by atoms with E-state index in [1.54, 1.807) is 19.2 Å². The molecule has 0 unspecified atom stereocenters. The molecule has 1 aromatic heterocycles. The van der Waals surface area contributed by atoms with Crippen LogP contribution in [0.3, 0.4) is 0 Å². The number of ether oxygens (including phenoxy) is 1. The van der Waals surface area contributed by atoms with E-state index in [4.69, 9.17) is 4.74 Å². The van der Waals surface area contributed by atoms with Gasteiger partial charge in [-0.2, -0.15) is 0 Å². The first-order chi connectivity index (χ1) is 9.63. The average molecular weight is 274 g/mol. The Morgan fingerprint density at radius 1 is 1.45 bits per heavy atom. The molecule has 0 saturated heterocycles. The number of nitrogens with one attached hydrogen (secondary N) is 2. The van der Waals surface area contributed by atoms with Gasteiger partial charge in [-0.1, -0.05) is 6.92 Å². The molecule has 0 aliphatic heterocycles. The molecule has 20 heavy (non-hydrogen) atoms. The van der Waals surface area contributed by atoms with E-state index in [1.807, 2.05) is 19.9 Å². The third kappa shape index (κ3) is 3.14. The van der Waals surface area contributed by atoms with E-state index in [0.29, 0.717) is 0 Å². The van der Waals surface area contributed by atoms with Crippen molar-refractivity contribution in [3.63, 3.8) is 0 Å². The number of hydrogen-bond acceptors (Lipinski definition) is 4. The monoisotopic (exact) mass is 274 g/mol. The fraction of sp³-hybridized carbons (Fsp3) is 0.357. The number of aryl methyl sites for hydroxylation is 2. The zero-order chi connectivity index (χ0) is 14.5. The van der Waals surface area contributed by atoms with E-state index < -0.39 is 0 Å². The van der Waals surface area contributed by atoms with Gasteiger partial charge < -0.3 is 10.1 Å². The van der Waals surface area contributed by atoms with Crippen LogP contribution in [0.1, 0.15) is 35.4 Å². The zero-order valence-corrected chi connectivity index (χ0v) is 11.9. The molecule has 2 N–H and O–H groups in total. The number of hydrogen-bond donors (Lipinski definition) is 2. The Kier molecular flexibility index (Phi) is 4.34. The van der Waals surface area contributed by atoms with Crippen molar-refractivity contribution in [1.29, 1.82) is 0 Å². The molecule has 1 amide bonds. The number of H-pyrrole nitrogens is 1. The first-order valence-corrected chi connectivity index (χ1v) is 6.51. The molecule has 0 aliphatic rings. The van der Waals surface area contributed by atoms with Gasteiger partial charge in [0.1, 0.15) is 11.6 Å². The molecule has 0 bridgehead atoms. The standard InChI is InChI=1S/C14H18N4O2/c1-4-5-12-16-13(18-17-12)14(19)15-11-7-6-10(20-3)8-9(11)2/h6-8H,4-5H2,1-3H3,(H,15,19)(H,16,17,18). The van der Waals surface area contributed by atoms with E-state index in [-0.39, 0.29) is 11.7 Å². The second kappa shape index (κ2) is 6.18. The first-order valence-electron chi connectivity index (χ1n) is 6.51. The van der Waals surface area contributed by atoms with Crippen LogP contribution in [0.4, 0.5) is 5.69 Å². The Hall–Kier alpha value is -2.37. The lowest BCUT2D eigenvalue weighted by atomic mass is 10.2. The largest absolute Gasteiger partial charge is 0.497 e. The van der Waals surface area contributed by atoms with E-state index in [9.17, 15) is 4.79 Å². The zero-order valence-electron chi connectivity index (χ0n) is 11.9. The van der Waals surface area contributed by atoms with Gasteiger partial charge in [-0.05, 0) is 37.1 Å². The molecule has 2 aromatic rings. The van der Waals surface area contributed by atoms with Crippen LogP contribution in [0.15, 0.2) is 18.2 Å². The first kappa shape index (κ1) is 14.0. The Bertz CT molecular complexity index is 607. The fourth-order valence-corrected chi connectivity index (χ4v) is 1.83. The van der Waals surface area contributed by atoms with Crippen molar-refractivity contribution in [3.8, 4) is 5.75 Å². The number of nitrogens with zero attached hydrogens (tertiary/aromatic N) is 2. The van der Waals surface area contributed by atoms with Crippen molar-refractivity contribution in [1.82, 2.24) is 15.2 Å². The molecule has 2 rings (SSSR count). The van der Waals surface area contributed by atoms with Gasteiger partial charge in [-0.25, -0.2) is 4.98 Å². The van der Waals surface area contributed by atoms with Crippen molar-refractivity contribution < 1.29 is 9.53 Å². The van der Waals surface area contributed by atoms with Crippen LogP contribution in [0.2, 0.25) is 0 Å². The van der Waals surface area contributed by atoms with Crippen LogP contribution in [-0.4, -0.2) is 28.2 Å². The van der Waals surface area contributed by atoms with Crippen LogP contribution in [0.5, 0.6) is 5.75 Å². The van der Waals surface area contributed by atoms with Gasteiger partial charge in [0.05, 0.1) is 7.11 Å². The summed E-state index contributed by atoms with van der Waals surface area (Å²) in [6.07, 6.45) is 1.73. The second-order valence-electron chi connectivity index (χ2n) is 4.49. The van der Waals surface area contributed by atoms with Gasteiger partial charge in [0.15, 0.2) is 0 Å².